The monoisotopic (exact) mass is 420 g/mol. The van der Waals surface area contributed by atoms with Gasteiger partial charge in [-0.15, -0.1) is 15.8 Å². The molecular formula is C18H31NP2Tc. The Morgan fingerprint density at radius 3 is 1.55 bits per heavy atom. The molecule has 0 aliphatic rings. The van der Waals surface area contributed by atoms with Crippen molar-refractivity contribution in [1.29, 1.82) is 0 Å². The predicted molar refractivity (Wildman–Crippen MR) is 102 cm³/mol. The van der Waals surface area contributed by atoms with Crippen LogP contribution in [-0.2, 0) is 26.7 Å². The van der Waals surface area contributed by atoms with Gasteiger partial charge in [-0.25, -0.2) is 6.57 Å². The van der Waals surface area contributed by atoms with E-state index in [0.29, 0.717) is 22.4 Å². The van der Waals surface area contributed by atoms with Gasteiger partial charge < -0.3 is 4.85 Å². The molecule has 0 aliphatic carbocycles. The molecule has 4 heteroatoms. The molecule has 0 aromatic heterocycles. The first-order valence-electron chi connectivity index (χ1n) is 8.03. The van der Waals surface area contributed by atoms with Gasteiger partial charge in [0.25, 0.3) is 0 Å². The molecule has 0 unspecified atom stereocenters. The molecule has 1 radical (unpaired) electrons. The molecule has 22 heavy (non-hydrogen) atoms. The molecule has 0 spiro atoms. The summed E-state index contributed by atoms with van der Waals surface area (Å²) in [7, 11) is 0.832. The summed E-state index contributed by atoms with van der Waals surface area (Å²) in [5.41, 5.74) is 1.09. The van der Waals surface area contributed by atoms with Gasteiger partial charge in [0.1, 0.15) is 0 Å². The Hall–Kier alpha value is 0.219. The van der Waals surface area contributed by atoms with Crippen LogP contribution in [0.4, 0.5) is 0 Å². The maximum Gasteiger partial charge on any atom is 0.239 e. The smallest absolute Gasteiger partial charge is 0.239 e. The fourth-order valence-corrected chi connectivity index (χ4v) is 6.46. The molecule has 0 N–H and O–H groups in total. The van der Waals surface area contributed by atoms with Crippen LogP contribution in [0.15, 0.2) is 30.3 Å². The summed E-state index contributed by atoms with van der Waals surface area (Å²) in [6.45, 7) is 16.5. The van der Waals surface area contributed by atoms with E-state index in [-0.39, 0.29) is 20.1 Å². The minimum absolute atomic E-state index is 0. The molecule has 0 bridgehead atoms. The number of benzene rings is 1. The number of hydrogen-bond acceptors (Lipinski definition) is 0. The van der Waals surface area contributed by atoms with Crippen molar-refractivity contribution in [3.8, 4) is 0 Å². The average Bonchev–Trinajstić information content (AvgIpc) is 2.54. The number of rotatable bonds is 8. The fourth-order valence-electron chi connectivity index (χ4n) is 2.04. The largest absolute Gasteiger partial charge is 0.312 e. The molecule has 1 nitrogen and oxygen atoms in total. The van der Waals surface area contributed by atoms with Gasteiger partial charge in [-0.1, -0.05) is 58.0 Å². The van der Waals surface area contributed by atoms with E-state index < -0.39 is 0 Å². The Morgan fingerprint density at radius 2 is 1.23 bits per heavy atom. The van der Waals surface area contributed by atoms with Crippen LogP contribution in [0, 0.1) is 6.57 Å². The van der Waals surface area contributed by atoms with Gasteiger partial charge in [-0.05, 0) is 37.0 Å². The maximum absolute atomic E-state index is 6.57. The summed E-state index contributed by atoms with van der Waals surface area (Å²) < 4.78 is 0. The van der Waals surface area contributed by atoms with E-state index in [9.17, 15) is 0 Å². The number of nitrogens with zero attached hydrogens (tertiary/aromatic N) is 1. The molecule has 1 aromatic carbocycles. The second-order valence-corrected chi connectivity index (χ2v) is 11.0. The molecule has 1 rings (SSSR count). The van der Waals surface area contributed by atoms with Crippen LogP contribution in [0.3, 0.4) is 0 Å². The van der Waals surface area contributed by atoms with Crippen LogP contribution in [-0.4, -0.2) is 37.0 Å². The Morgan fingerprint density at radius 1 is 0.818 bits per heavy atom. The van der Waals surface area contributed by atoms with Gasteiger partial charge in [0.2, 0.25) is 6.54 Å². The van der Waals surface area contributed by atoms with Crippen molar-refractivity contribution in [1.82, 2.24) is 0 Å². The molecule has 0 amide bonds. The molecule has 125 valence electrons. The molecule has 0 saturated heterocycles. The Kier molecular flexibility index (Phi) is 19.5. The van der Waals surface area contributed by atoms with Crippen LogP contribution >= 0.6 is 15.8 Å². The van der Waals surface area contributed by atoms with Crippen molar-refractivity contribution >= 4 is 15.8 Å². The second-order valence-electron chi connectivity index (χ2n) is 4.86. The minimum atomic E-state index is 0. The van der Waals surface area contributed by atoms with Crippen LogP contribution in [0.5, 0.6) is 0 Å². The summed E-state index contributed by atoms with van der Waals surface area (Å²) >= 11 is 0. The average molecular weight is 421 g/mol. The van der Waals surface area contributed by atoms with Crippen molar-refractivity contribution in [3.63, 3.8) is 0 Å². The summed E-state index contributed by atoms with van der Waals surface area (Å²) in [4.78, 5) is 3.26. The first-order chi connectivity index (χ1) is 10.2. The molecule has 0 atom stereocenters. The van der Waals surface area contributed by atoms with Crippen molar-refractivity contribution in [2.75, 3.05) is 37.0 Å². The van der Waals surface area contributed by atoms with Gasteiger partial charge in [-0.3, -0.25) is 0 Å². The molecule has 0 heterocycles. The van der Waals surface area contributed by atoms with Gasteiger partial charge in [0, 0.05) is 25.7 Å². The van der Waals surface area contributed by atoms with Crippen molar-refractivity contribution in [2.45, 2.75) is 34.2 Å². The third-order valence-electron chi connectivity index (χ3n) is 3.63. The topological polar surface area (TPSA) is 4.36 Å². The first kappa shape index (κ1) is 24.5. The van der Waals surface area contributed by atoms with E-state index in [1.54, 1.807) is 12.3 Å². The Labute approximate surface area is 154 Å². The summed E-state index contributed by atoms with van der Waals surface area (Å²) in [6.07, 6.45) is 8.89. The van der Waals surface area contributed by atoms with Crippen molar-refractivity contribution < 1.29 is 20.1 Å². The summed E-state index contributed by atoms with van der Waals surface area (Å²) in [6, 6.07) is 9.75. The minimum Gasteiger partial charge on any atom is -0.312 e. The zero-order valence-corrected chi connectivity index (χ0v) is 18.2. The van der Waals surface area contributed by atoms with E-state index in [1.807, 2.05) is 30.3 Å². The Balaban J connectivity index is 0. The van der Waals surface area contributed by atoms with Gasteiger partial charge in [-0.2, -0.15) is 0 Å². The Bertz CT molecular complexity index is 358. The number of hydrogen-bond donors (Lipinski definition) is 0. The van der Waals surface area contributed by atoms with Crippen LogP contribution in [0.25, 0.3) is 4.85 Å². The molecule has 0 saturated carbocycles. The predicted octanol–water partition coefficient (Wildman–Crippen LogP) is 6.13. The van der Waals surface area contributed by atoms with E-state index in [4.69, 9.17) is 6.57 Å². The van der Waals surface area contributed by atoms with Crippen LogP contribution in [0.1, 0.15) is 33.3 Å². The first-order valence-corrected chi connectivity index (χ1v) is 11.8. The van der Waals surface area contributed by atoms with E-state index in [2.05, 4.69) is 32.5 Å². The zero-order chi connectivity index (χ0) is 15.9. The third-order valence-corrected chi connectivity index (χ3v) is 9.27. The van der Waals surface area contributed by atoms with Crippen LogP contribution in [0.2, 0.25) is 0 Å². The summed E-state index contributed by atoms with van der Waals surface area (Å²) in [5, 5.41) is 0. The second kappa shape index (κ2) is 17.6. The van der Waals surface area contributed by atoms with Crippen LogP contribution < -0.4 is 0 Å². The molecular weight excluding hydrogens is 390 g/mol. The van der Waals surface area contributed by atoms with Gasteiger partial charge in [0.15, 0.2) is 0 Å². The van der Waals surface area contributed by atoms with Crippen molar-refractivity contribution in [2.24, 2.45) is 0 Å². The van der Waals surface area contributed by atoms with Crippen molar-refractivity contribution in [3.05, 3.63) is 47.3 Å². The zero-order valence-electron chi connectivity index (χ0n) is 14.6. The standard InChI is InChI=1S/C10H24P2.C8H7N.Tc/c1-5-11(6-2)9-10-12(7-3)8-4;1-9-7-8-5-3-2-4-6-8;/h5-10H2,1-4H3;2-6H,7H2;. The summed E-state index contributed by atoms with van der Waals surface area (Å²) in [5.74, 6) is 0. The molecule has 1 aromatic rings. The molecule has 0 fully saturated rings. The van der Waals surface area contributed by atoms with Gasteiger partial charge >= 0.3 is 0 Å². The normalized spacial score (nSPS) is 9.68. The van der Waals surface area contributed by atoms with E-state index in [1.165, 1.54) is 24.6 Å². The fraction of sp³-hybridized carbons (Fsp3) is 0.611. The SMILES string of the molecule is CCP(CC)CCP(CC)CC.[C-]#[N+]Cc1ccccc1.[Tc]. The van der Waals surface area contributed by atoms with Gasteiger partial charge in [0.05, 0.1) is 0 Å². The van der Waals surface area contributed by atoms with E-state index in [0.717, 1.165) is 5.56 Å². The quantitative estimate of drug-likeness (QED) is 0.351. The third kappa shape index (κ3) is 12.7. The molecule has 0 aliphatic heterocycles. The maximum atomic E-state index is 6.57. The van der Waals surface area contributed by atoms with E-state index >= 15 is 0 Å².